The molecule has 0 radical (unpaired) electrons. The summed E-state index contributed by atoms with van der Waals surface area (Å²) in [6.45, 7) is 3.87. The van der Waals surface area contributed by atoms with Crippen LogP contribution in [0, 0.1) is 20.8 Å². The summed E-state index contributed by atoms with van der Waals surface area (Å²) in [5, 5.41) is 2.81. The summed E-state index contributed by atoms with van der Waals surface area (Å²) < 4.78 is 0. The minimum atomic E-state index is 0. The van der Waals surface area contributed by atoms with Crippen molar-refractivity contribution in [2.75, 3.05) is 13.6 Å². The zero-order valence-corrected chi connectivity index (χ0v) is 19.4. The molecule has 0 saturated carbocycles. The van der Waals surface area contributed by atoms with Gasteiger partial charge in [-0.25, -0.2) is 0 Å². The van der Waals surface area contributed by atoms with E-state index in [1.807, 2.05) is 6.92 Å². The summed E-state index contributed by atoms with van der Waals surface area (Å²) in [6.07, 6.45) is 7.88. The Morgan fingerprint density at radius 3 is 1.38 bits per heavy atom. The molecule has 116 valence electrons. The van der Waals surface area contributed by atoms with Gasteiger partial charge in [0, 0.05) is 0 Å². The molecule has 0 heterocycles. The topological polar surface area (TPSA) is 80.3 Å². The van der Waals surface area contributed by atoms with Crippen LogP contribution >= 0.6 is 0 Å². The average Bonchev–Trinajstić information content (AvgIpc) is 2.29. The average molecular weight is 449 g/mol. The van der Waals surface area contributed by atoms with E-state index < -0.39 is 0 Å². The maximum Gasteiger partial charge on any atom is 3.00 e. The fourth-order valence-corrected chi connectivity index (χ4v) is 0.533. The molecule has 0 bridgehead atoms. The van der Waals surface area contributed by atoms with Crippen LogP contribution in [0.5, 0.6) is 0 Å². The summed E-state index contributed by atoms with van der Waals surface area (Å²) >= 11 is 0. The Labute approximate surface area is 180 Å². The molecule has 0 aliphatic carbocycles. The van der Waals surface area contributed by atoms with Crippen LogP contribution in [0.3, 0.4) is 0 Å². The molecule has 0 aromatic rings. The SMILES string of the molecule is CC(C[C-]=O)C[C-]=O.CNCC[C-]=O.C[C-]=O.[CH3-].[CH3-].[Y+3].[Y+3]. The van der Waals surface area contributed by atoms with Gasteiger partial charge in [-0.3, -0.25) is 25.1 Å². The minimum Gasteiger partial charge on any atom is -0.542 e. The minimum absolute atomic E-state index is 0. The van der Waals surface area contributed by atoms with Crippen molar-refractivity contribution in [2.24, 2.45) is 5.92 Å². The Hall–Kier alpha value is 0.848. The van der Waals surface area contributed by atoms with Crippen molar-refractivity contribution < 1.29 is 84.6 Å². The largest absolute Gasteiger partial charge is 3.00 e. The molecule has 0 atom stereocenters. The quantitative estimate of drug-likeness (QED) is 0.469. The van der Waals surface area contributed by atoms with Gasteiger partial charge in [-0.2, -0.15) is 19.8 Å². The van der Waals surface area contributed by atoms with E-state index in [0.29, 0.717) is 19.3 Å². The Kier molecular flexibility index (Phi) is 102. The van der Waals surface area contributed by atoms with Crippen molar-refractivity contribution in [1.82, 2.24) is 5.32 Å². The molecule has 0 aliphatic rings. The van der Waals surface area contributed by atoms with Crippen molar-refractivity contribution in [1.29, 1.82) is 0 Å². The van der Waals surface area contributed by atoms with Gasteiger partial charge in [-0.05, 0) is 13.6 Å². The molecule has 7 heteroatoms. The van der Waals surface area contributed by atoms with Crippen LogP contribution in [-0.2, 0) is 84.6 Å². The molecule has 0 fully saturated rings. The number of hydrogen-bond acceptors (Lipinski definition) is 5. The third-order valence-electron chi connectivity index (χ3n) is 1.34. The first-order chi connectivity index (χ1) is 8.14. The summed E-state index contributed by atoms with van der Waals surface area (Å²) in [6, 6.07) is 0. The van der Waals surface area contributed by atoms with Gasteiger partial charge in [0.15, 0.2) is 0 Å². The van der Waals surface area contributed by atoms with Gasteiger partial charge < -0.3 is 39.3 Å². The van der Waals surface area contributed by atoms with Gasteiger partial charge in [0.2, 0.25) is 0 Å². The Balaban J connectivity index is -0.0000000275. The van der Waals surface area contributed by atoms with Gasteiger partial charge in [0.05, 0.1) is 0 Å². The smallest absolute Gasteiger partial charge is 0.542 e. The van der Waals surface area contributed by atoms with Crippen LogP contribution in [0.25, 0.3) is 0 Å². The summed E-state index contributed by atoms with van der Waals surface area (Å²) in [5.74, 6) is 0.116. The van der Waals surface area contributed by atoms with E-state index in [1.54, 1.807) is 25.9 Å². The second kappa shape index (κ2) is 49.8. The first kappa shape index (κ1) is 43.1. The van der Waals surface area contributed by atoms with Crippen LogP contribution < -0.4 is 5.32 Å². The molecule has 0 aromatic carbocycles. The van der Waals surface area contributed by atoms with Crippen LogP contribution in [0.4, 0.5) is 0 Å². The van der Waals surface area contributed by atoms with Gasteiger partial charge in [-0.15, -0.1) is 6.42 Å². The zero-order chi connectivity index (χ0) is 13.9. The molecule has 0 unspecified atom stereocenters. The molecular weight excluding hydrogens is 424 g/mol. The van der Waals surface area contributed by atoms with E-state index in [0.717, 1.165) is 6.54 Å². The number of nitrogens with one attached hydrogen (secondary N) is 1. The van der Waals surface area contributed by atoms with Crippen LogP contribution in [0.15, 0.2) is 0 Å². The van der Waals surface area contributed by atoms with E-state index in [1.165, 1.54) is 13.2 Å². The molecule has 0 amide bonds. The Morgan fingerprint density at radius 2 is 1.24 bits per heavy atom. The first-order valence-corrected chi connectivity index (χ1v) is 5.12. The molecule has 0 aliphatic heterocycles. The normalized spacial score (nSPS) is 6.48. The molecule has 5 nitrogen and oxygen atoms in total. The fourth-order valence-electron chi connectivity index (χ4n) is 0.533. The van der Waals surface area contributed by atoms with Crippen LogP contribution in [-0.4, -0.2) is 38.7 Å². The number of hydrogen-bond donors (Lipinski definition) is 1. The number of carbonyl (C=O) groups excluding carboxylic acids is 4. The molecular formula is C14H25NO4Y2. The third kappa shape index (κ3) is 76.4. The van der Waals surface area contributed by atoms with E-state index in [-0.39, 0.29) is 86.2 Å². The monoisotopic (exact) mass is 449 g/mol. The molecule has 1 N–H and O–H groups in total. The maximum atomic E-state index is 9.64. The molecule has 0 aromatic heterocycles. The molecule has 0 rings (SSSR count). The van der Waals surface area contributed by atoms with Crippen molar-refractivity contribution in [3.8, 4) is 0 Å². The van der Waals surface area contributed by atoms with Crippen LogP contribution in [0.1, 0.15) is 33.1 Å². The van der Waals surface area contributed by atoms with E-state index in [9.17, 15) is 14.4 Å². The van der Waals surface area contributed by atoms with Crippen molar-refractivity contribution in [3.05, 3.63) is 14.9 Å². The Bertz CT molecular complexity index is 184. The van der Waals surface area contributed by atoms with Crippen molar-refractivity contribution in [3.63, 3.8) is 0 Å². The van der Waals surface area contributed by atoms with E-state index in [4.69, 9.17) is 4.79 Å². The standard InChI is InChI=1S/C6H8O2.C4H8NO.C2H3O.2CH3.2Y/c1-6(2-4-7)3-5-8;1-5-3-2-4-6;1-2-3;;;;/h6H,2-3H2,1H3;5H,2-3H2,1H3;1H3;2*1H3;;/q-2;4*-1;2*+3. The molecule has 0 saturated heterocycles. The fraction of sp³-hybridized carbons (Fsp3) is 0.571. The second-order valence-corrected chi connectivity index (χ2v) is 3.00. The second-order valence-electron chi connectivity index (χ2n) is 3.00. The van der Waals surface area contributed by atoms with Crippen LogP contribution in [0.2, 0.25) is 0 Å². The summed E-state index contributed by atoms with van der Waals surface area (Å²) in [7, 11) is 1.80. The van der Waals surface area contributed by atoms with Gasteiger partial charge >= 0.3 is 65.4 Å². The first-order valence-electron chi connectivity index (χ1n) is 5.12. The summed E-state index contributed by atoms with van der Waals surface area (Å²) in [4.78, 5) is 37.3. The van der Waals surface area contributed by atoms with Crippen molar-refractivity contribution >= 4 is 25.1 Å². The van der Waals surface area contributed by atoms with Crippen molar-refractivity contribution in [2.45, 2.75) is 33.1 Å². The van der Waals surface area contributed by atoms with Gasteiger partial charge in [0.1, 0.15) is 0 Å². The predicted molar refractivity (Wildman–Crippen MR) is 78.2 cm³/mol. The van der Waals surface area contributed by atoms with Gasteiger partial charge in [0.25, 0.3) is 0 Å². The zero-order valence-electron chi connectivity index (χ0n) is 13.7. The summed E-state index contributed by atoms with van der Waals surface area (Å²) in [5.41, 5.74) is 0. The predicted octanol–water partition coefficient (Wildman–Crippen LogP) is 1.34. The van der Waals surface area contributed by atoms with Gasteiger partial charge in [-0.1, -0.05) is 12.8 Å². The van der Waals surface area contributed by atoms with E-state index >= 15 is 0 Å². The van der Waals surface area contributed by atoms with E-state index in [2.05, 4.69) is 5.32 Å². The third-order valence-corrected chi connectivity index (χ3v) is 1.34. The molecule has 0 spiro atoms. The number of rotatable bonds is 7. The Morgan fingerprint density at radius 1 is 0.905 bits per heavy atom. The molecule has 21 heavy (non-hydrogen) atoms. The maximum absolute atomic E-state index is 9.64.